The summed E-state index contributed by atoms with van der Waals surface area (Å²) in [6, 6.07) is 89.8. The summed E-state index contributed by atoms with van der Waals surface area (Å²) in [7, 11) is 0. The number of nitrogens with zero attached hydrogens (tertiary/aromatic N) is 1. The molecule has 0 spiro atoms. The first kappa shape index (κ1) is 35.7. The van der Waals surface area contributed by atoms with Gasteiger partial charge in [-0.2, -0.15) is 0 Å². The number of anilines is 3. The van der Waals surface area contributed by atoms with E-state index in [9.17, 15) is 0 Å². The van der Waals surface area contributed by atoms with Crippen molar-refractivity contribution in [2.45, 2.75) is 0 Å². The van der Waals surface area contributed by atoms with Crippen LogP contribution in [0, 0.1) is 0 Å². The Bertz CT molecular complexity index is 2970. The standard InChI is InChI=1S/C58H41N/c1-4-13-42(14-5-1)45-23-27-49(28-24-45)57-40-39-54(41-58(57)51-29-25-46(26-30-51)43-15-6-2-7-16-43)59(52-35-31-47(32-36-52)44-17-8-3-9-18-44)53-37-33-50(34-38-53)56-22-12-20-48-19-10-11-21-55(48)56/h1-41H. The molecular weight excluding hydrogens is 711 g/mol. The molecule has 0 aliphatic rings. The largest absolute Gasteiger partial charge is 0.310 e. The molecule has 0 saturated carbocycles. The van der Waals surface area contributed by atoms with Crippen molar-refractivity contribution in [2.24, 2.45) is 0 Å². The van der Waals surface area contributed by atoms with E-state index in [4.69, 9.17) is 0 Å². The summed E-state index contributed by atoms with van der Waals surface area (Å²) < 4.78 is 0. The first-order valence-electron chi connectivity index (χ1n) is 20.2. The van der Waals surface area contributed by atoms with Gasteiger partial charge in [0.05, 0.1) is 0 Å². The van der Waals surface area contributed by atoms with Crippen LogP contribution in [0.15, 0.2) is 249 Å². The molecule has 0 heterocycles. The van der Waals surface area contributed by atoms with E-state index in [0.29, 0.717) is 0 Å². The molecule has 0 unspecified atom stereocenters. The lowest BCUT2D eigenvalue weighted by Crippen LogP contribution is -2.10. The van der Waals surface area contributed by atoms with E-state index >= 15 is 0 Å². The summed E-state index contributed by atoms with van der Waals surface area (Å²) in [5.74, 6) is 0. The first-order valence-corrected chi connectivity index (χ1v) is 20.2. The third kappa shape index (κ3) is 7.34. The van der Waals surface area contributed by atoms with Crippen molar-refractivity contribution < 1.29 is 0 Å². The Morgan fingerprint density at radius 3 is 1.08 bits per heavy atom. The molecule has 0 amide bonds. The molecule has 10 aromatic rings. The maximum Gasteiger partial charge on any atom is 0.0468 e. The van der Waals surface area contributed by atoms with Crippen LogP contribution in [0.3, 0.4) is 0 Å². The van der Waals surface area contributed by atoms with Gasteiger partial charge < -0.3 is 4.90 Å². The van der Waals surface area contributed by atoms with Gasteiger partial charge in [-0.15, -0.1) is 0 Å². The predicted octanol–water partition coefficient (Wildman–Crippen LogP) is 16.3. The highest BCUT2D eigenvalue weighted by molar-refractivity contribution is 5.97. The minimum absolute atomic E-state index is 1.09. The van der Waals surface area contributed by atoms with Crippen LogP contribution in [-0.4, -0.2) is 0 Å². The highest BCUT2D eigenvalue weighted by Crippen LogP contribution is 2.42. The molecule has 59 heavy (non-hydrogen) atoms. The van der Waals surface area contributed by atoms with Gasteiger partial charge in [0.1, 0.15) is 0 Å². The molecule has 1 heteroatoms. The van der Waals surface area contributed by atoms with Crippen molar-refractivity contribution in [3.8, 4) is 66.8 Å². The van der Waals surface area contributed by atoms with E-state index in [1.54, 1.807) is 0 Å². The van der Waals surface area contributed by atoms with Crippen molar-refractivity contribution in [1.29, 1.82) is 0 Å². The molecule has 1 nitrogen and oxygen atoms in total. The van der Waals surface area contributed by atoms with E-state index in [0.717, 1.165) is 17.1 Å². The Hall–Kier alpha value is -7.74. The fourth-order valence-electron chi connectivity index (χ4n) is 8.26. The molecule has 0 atom stereocenters. The number of benzene rings is 10. The van der Waals surface area contributed by atoms with E-state index in [-0.39, 0.29) is 0 Å². The van der Waals surface area contributed by atoms with Crippen molar-refractivity contribution >= 4 is 27.8 Å². The van der Waals surface area contributed by atoms with Gasteiger partial charge >= 0.3 is 0 Å². The van der Waals surface area contributed by atoms with E-state index < -0.39 is 0 Å². The maximum atomic E-state index is 2.38. The van der Waals surface area contributed by atoms with Crippen molar-refractivity contribution in [2.75, 3.05) is 4.90 Å². The van der Waals surface area contributed by atoms with Gasteiger partial charge in [0.15, 0.2) is 0 Å². The van der Waals surface area contributed by atoms with Gasteiger partial charge in [-0.1, -0.05) is 212 Å². The predicted molar refractivity (Wildman–Crippen MR) is 251 cm³/mol. The van der Waals surface area contributed by atoms with E-state index in [1.165, 1.54) is 77.5 Å². The Morgan fingerprint density at radius 1 is 0.203 bits per heavy atom. The molecule has 0 fully saturated rings. The number of hydrogen-bond donors (Lipinski definition) is 0. The topological polar surface area (TPSA) is 3.24 Å². The zero-order valence-corrected chi connectivity index (χ0v) is 32.6. The van der Waals surface area contributed by atoms with Crippen molar-refractivity contribution in [1.82, 2.24) is 0 Å². The third-order valence-corrected chi connectivity index (χ3v) is 11.3. The summed E-state index contributed by atoms with van der Waals surface area (Å²) in [5, 5.41) is 2.50. The monoisotopic (exact) mass is 751 g/mol. The first-order chi connectivity index (χ1) is 29.2. The number of rotatable bonds is 9. The average Bonchev–Trinajstić information content (AvgIpc) is 3.33. The highest BCUT2D eigenvalue weighted by atomic mass is 15.1. The molecule has 10 aromatic carbocycles. The van der Waals surface area contributed by atoms with Crippen LogP contribution in [0.4, 0.5) is 17.1 Å². The van der Waals surface area contributed by atoms with Gasteiger partial charge in [0, 0.05) is 17.1 Å². The van der Waals surface area contributed by atoms with Crippen LogP contribution < -0.4 is 4.90 Å². The van der Waals surface area contributed by atoms with Crippen LogP contribution in [0.1, 0.15) is 0 Å². The third-order valence-electron chi connectivity index (χ3n) is 11.3. The lowest BCUT2D eigenvalue weighted by molar-refractivity contribution is 1.28. The van der Waals surface area contributed by atoms with E-state index in [2.05, 4.69) is 254 Å². The minimum atomic E-state index is 1.09. The minimum Gasteiger partial charge on any atom is -0.310 e. The molecule has 0 aromatic heterocycles. The second kappa shape index (κ2) is 16.0. The van der Waals surface area contributed by atoms with Gasteiger partial charge in [-0.3, -0.25) is 0 Å². The van der Waals surface area contributed by atoms with Gasteiger partial charge in [-0.25, -0.2) is 0 Å². The fourth-order valence-corrected chi connectivity index (χ4v) is 8.26. The van der Waals surface area contributed by atoms with Crippen molar-refractivity contribution in [3.05, 3.63) is 249 Å². The summed E-state index contributed by atoms with van der Waals surface area (Å²) >= 11 is 0. The molecule has 0 aliphatic carbocycles. The van der Waals surface area contributed by atoms with Gasteiger partial charge in [0.25, 0.3) is 0 Å². The molecule has 10 rings (SSSR count). The molecule has 0 aliphatic heterocycles. The molecule has 0 N–H and O–H groups in total. The second-order valence-corrected chi connectivity index (χ2v) is 14.9. The lowest BCUT2D eigenvalue weighted by atomic mass is 9.91. The molecular formula is C58H41N. The number of fused-ring (bicyclic) bond motifs is 1. The van der Waals surface area contributed by atoms with Gasteiger partial charge in [-0.05, 0) is 114 Å². The fraction of sp³-hybridized carbons (Fsp3) is 0. The molecule has 278 valence electrons. The van der Waals surface area contributed by atoms with Crippen LogP contribution in [0.5, 0.6) is 0 Å². The van der Waals surface area contributed by atoms with Crippen LogP contribution in [0.25, 0.3) is 77.5 Å². The molecule has 0 bridgehead atoms. The molecule has 0 radical (unpaired) electrons. The quantitative estimate of drug-likeness (QED) is 0.142. The second-order valence-electron chi connectivity index (χ2n) is 14.9. The zero-order valence-electron chi connectivity index (χ0n) is 32.6. The lowest BCUT2D eigenvalue weighted by Gasteiger charge is -2.27. The zero-order chi connectivity index (χ0) is 39.4. The Labute approximate surface area is 346 Å². The summed E-state index contributed by atoms with van der Waals surface area (Å²) in [6.07, 6.45) is 0. The van der Waals surface area contributed by atoms with Crippen LogP contribution >= 0.6 is 0 Å². The normalized spacial score (nSPS) is 11.1. The average molecular weight is 752 g/mol. The SMILES string of the molecule is c1ccc(-c2ccc(-c3ccc(N(c4ccc(-c5ccccc5)cc4)c4ccc(-c5cccc6ccccc56)cc4)cc3-c3ccc(-c4ccccc4)cc3)cc2)cc1. The summed E-state index contributed by atoms with van der Waals surface area (Å²) in [6.45, 7) is 0. The summed E-state index contributed by atoms with van der Waals surface area (Å²) in [5.41, 5.74) is 17.6. The maximum absolute atomic E-state index is 2.38. The Kier molecular flexibility index (Phi) is 9.68. The highest BCUT2D eigenvalue weighted by Gasteiger charge is 2.18. The molecule has 0 saturated heterocycles. The van der Waals surface area contributed by atoms with Gasteiger partial charge in [0.2, 0.25) is 0 Å². The summed E-state index contributed by atoms with van der Waals surface area (Å²) in [4.78, 5) is 2.38. The van der Waals surface area contributed by atoms with Crippen LogP contribution in [0.2, 0.25) is 0 Å². The smallest absolute Gasteiger partial charge is 0.0468 e. The van der Waals surface area contributed by atoms with Crippen LogP contribution in [-0.2, 0) is 0 Å². The van der Waals surface area contributed by atoms with Crippen molar-refractivity contribution in [3.63, 3.8) is 0 Å². The number of hydrogen-bond acceptors (Lipinski definition) is 1. The Balaban J connectivity index is 1.10. The van der Waals surface area contributed by atoms with E-state index in [1.807, 2.05) is 0 Å². The Morgan fingerprint density at radius 2 is 0.559 bits per heavy atom.